The predicted molar refractivity (Wildman–Crippen MR) is 206 cm³/mol. The summed E-state index contributed by atoms with van der Waals surface area (Å²) >= 11 is 0. The van der Waals surface area contributed by atoms with E-state index in [4.69, 9.17) is 19.4 Å². The molecule has 1 unspecified atom stereocenters. The molecule has 0 fully saturated rings. The van der Waals surface area contributed by atoms with Gasteiger partial charge < -0.3 is 4.42 Å². The molecule has 0 N–H and O–H groups in total. The largest absolute Gasteiger partial charge is 0.455 e. The highest BCUT2D eigenvalue weighted by Crippen LogP contribution is 2.60. The van der Waals surface area contributed by atoms with E-state index in [-0.39, 0.29) is 10.8 Å². The summed E-state index contributed by atoms with van der Waals surface area (Å²) < 4.78 is 6.83. The summed E-state index contributed by atoms with van der Waals surface area (Å²) in [6.45, 7) is 16.3. The van der Waals surface area contributed by atoms with E-state index in [0.29, 0.717) is 28.8 Å². The van der Waals surface area contributed by atoms with Crippen LogP contribution in [-0.4, -0.2) is 15.0 Å². The number of fused-ring (bicyclic) bond motifs is 2. The van der Waals surface area contributed by atoms with Gasteiger partial charge in [0.05, 0.1) is 5.57 Å². The molecule has 8 rings (SSSR count). The van der Waals surface area contributed by atoms with Crippen LogP contribution >= 0.6 is 0 Å². The van der Waals surface area contributed by atoms with Gasteiger partial charge in [-0.25, -0.2) is 15.0 Å². The number of hydrogen-bond acceptors (Lipinski definition) is 4. The first kappa shape index (κ1) is 31.4. The van der Waals surface area contributed by atoms with Gasteiger partial charge >= 0.3 is 0 Å². The Morgan fingerprint density at radius 3 is 1.88 bits per heavy atom. The zero-order valence-corrected chi connectivity index (χ0v) is 29.2. The molecule has 0 saturated carbocycles. The average Bonchev–Trinajstić information content (AvgIpc) is 3.64. The van der Waals surface area contributed by atoms with Gasteiger partial charge in [0.1, 0.15) is 11.3 Å². The fraction of sp³-hybridized carbons (Fsp3) is 0.152. The Morgan fingerprint density at radius 1 is 0.620 bits per heavy atom. The molecule has 50 heavy (non-hydrogen) atoms. The van der Waals surface area contributed by atoms with E-state index in [1.807, 2.05) is 60.7 Å². The molecule has 1 atom stereocenters. The number of benzene rings is 5. The van der Waals surface area contributed by atoms with Crippen molar-refractivity contribution in [1.29, 1.82) is 0 Å². The fourth-order valence-corrected chi connectivity index (χ4v) is 7.61. The van der Waals surface area contributed by atoms with E-state index in [1.54, 1.807) is 0 Å². The van der Waals surface area contributed by atoms with Gasteiger partial charge in [-0.3, -0.25) is 0 Å². The minimum atomic E-state index is -0.316. The molecule has 4 heteroatoms. The van der Waals surface area contributed by atoms with Crippen LogP contribution in [-0.2, 0) is 5.41 Å². The highest BCUT2D eigenvalue weighted by molar-refractivity contribution is 6.10. The van der Waals surface area contributed by atoms with Crippen molar-refractivity contribution in [3.8, 4) is 33.9 Å². The van der Waals surface area contributed by atoms with Crippen molar-refractivity contribution in [2.75, 3.05) is 0 Å². The second-order valence-corrected chi connectivity index (χ2v) is 14.3. The molecule has 1 aliphatic rings. The Balaban J connectivity index is 1.38. The van der Waals surface area contributed by atoms with Crippen molar-refractivity contribution < 1.29 is 4.42 Å². The maximum absolute atomic E-state index is 6.83. The summed E-state index contributed by atoms with van der Waals surface area (Å²) in [4.78, 5) is 15.3. The smallest absolute Gasteiger partial charge is 0.167 e. The van der Waals surface area contributed by atoms with Gasteiger partial charge in [0.2, 0.25) is 0 Å². The predicted octanol–water partition coefficient (Wildman–Crippen LogP) is 11.9. The summed E-state index contributed by atoms with van der Waals surface area (Å²) in [6, 6.07) is 45.8. The summed E-state index contributed by atoms with van der Waals surface area (Å²) in [5.74, 6) is 2.31. The highest BCUT2D eigenvalue weighted by atomic mass is 16.3. The molecule has 4 nitrogen and oxygen atoms in total. The SMILES string of the molecule is C=C(c1nc(-c2ccccc2)nc(-c2ccccc2-c2ccccc2)n1)c1oc2ccccc2c1C1=C(C)c2ccccc2C1(C)C(C)(C)C. The van der Waals surface area contributed by atoms with Crippen molar-refractivity contribution in [3.63, 3.8) is 0 Å². The Bertz CT molecular complexity index is 2450. The first-order chi connectivity index (χ1) is 24.2. The number of rotatable bonds is 6. The Kier molecular flexibility index (Phi) is 7.49. The number of para-hydroxylation sites is 1. The van der Waals surface area contributed by atoms with Crippen LogP contribution in [0.15, 0.2) is 144 Å². The van der Waals surface area contributed by atoms with Crippen molar-refractivity contribution in [1.82, 2.24) is 15.0 Å². The van der Waals surface area contributed by atoms with Crippen molar-refractivity contribution in [2.24, 2.45) is 5.41 Å². The molecule has 0 radical (unpaired) electrons. The van der Waals surface area contributed by atoms with E-state index in [0.717, 1.165) is 38.8 Å². The van der Waals surface area contributed by atoms with E-state index in [9.17, 15) is 0 Å². The van der Waals surface area contributed by atoms with E-state index in [2.05, 4.69) is 114 Å². The van der Waals surface area contributed by atoms with Crippen LogP contribution in [0, 0.1) is 5.41 Å². The summed E-state index contributed by atoms with van der Waals surface area (Å²) in [7, 11) is 0. The normalized spacial score (nSPS) is 15.8. The molecule has 0 spiro atoms. The lowest BCUT2D eigenvalue weighted by molar-refractivity contribution is 0.272. The molecule has 0 aliphatic heterocycles. The van der Waals surface area contributed by atoms with Gasteiger partial charge in [-0.15, -0.1) is 0 Å². The Hall–Kier alpha value is -5.87. The van der Waals surface area contributed by atoms with Crippen LogP contribution in [0.5, 0.6) is 0 Å². The summed E-state index contributed by atoms with van der Waals surface area (Å²) in [5, 5.41) is 1.05. The van der Waals surface area contributed by atoms with Crippen LogP contribution in [0.1, 0.15) is 62.9 Å². The average molecular weight is 650 g/mol. The van der Waals surface area contributed by atoms with Gasteiger partial charge in [0.25, 0.3) is 0 Å². The Labute approximate surface area is 293 Å². The van der Waals surface area contributed by atoms with Crippen molar-refractivity contribution in [3.05, 3.63) is 168 Å². The third-order valence-corrected chi connectivity index (χ3v) is 10.6. The van der Waals surface area contributed by atoms with Gasteiger partial charge in [0, 0.05) is 27.5 Å². The molecule has 2 heterocycles. The van der Waals surface area contributed by atoms with Crippen LogP contribution in [0.2, 0.25) is 0 Å². The first-order valence-corrected chi connectivity index (χ1v) is 17.2. The molecular weight excluding hydrogens is 611 g/mol. The van der Waals surface area contributed by atoms with Gasteiger partial charge in [-0.05, 0) is 51.8 Å². The second kappa shape index (κ2) is 11.9. The molecule has 0 saturated heterocycles. The number of nitrogens with zero attached hydrogens (tertiary/aromatic N) is 3. The minimum absolute atomic E-state index is 0.116. The van der Waals surface area contributed by atoms with Gasteiger partial charge in [-0.2, -0.15) is 0 Å². The maximum atomic E-state index is 6.83. The molecular formula is C46H39N3O. The molecule has 0 amide bonds. The van der Waals surface area contributed by atoms with Crippen LogP contribution in [0.4, 0.5) is 0 Å². The number of aromatic nitrogens is 3. The first-order valence-electron chi connectivity index (χ1n) is 17.2. The quantitative estimate of drug-likeness (QED) is 0.180. The topological polar surface area (TPSA) is 51.8 Å². The zero-order chi connectivity index (χ0) is 34.6. The van der Waals surface area contributed by atoms with Crippen LogP contribution in [0.25, 0.3) is 61.6 Å². The Morgan fingerprint density at radius 2 is 1.18 bits per heavy atom. The lowest BCUT2D eigenvalue weighted by atomic mass is 9.60. The van der Waals surface area contributed by atoms with E-state index >= 15 is 0 Å². The highest BCUT2D eigenvalue weighted by Gasteiger charge is 2.50. The van der Waals surface area contributed by atoms with Crippen molar-refractivity contribution in [2.45, 2.75) is 40.0 Å². The fourth-order valence-electron chi connectivity index (χ4n) is 7.61. The second-order valence-electron chi connectivity index (χ2n) is 14.3. The molecule has 2 aromatic heterocycles. The van der Waals surface area contributed by atoms with Crippen molar-refractivity contribution >= 4 is 27.7 Å². The van der Waals surface area contributed by atoms with Gasteiger partial charge in [0.15, 0.2) is 17.5 Å². The third kappa shape index (κ3) is 4.94. The number of allylic oxidation sites excluding steroid dienone is 2. The summed E-state index contributed by atoms with van der Waals surface area (Å²) in [5.41, 5.74) is 11.1. The lowest BCUT2D eigenvalue weighted by Crippen LogP contribution is -2.37. The minimum Gasteiger partial charge on any atom is -0.455 e. The molecule has 5 aromatic carbocycles. The monoisotopic (exact) mass is 649 g/mol. The van der Waals surface area contributed by atoms with Gasteiger partial charge in [-0.1, -0.05) is 162 Å². The summed E-state index contributed by atoms with van der Waals surface area (Å²) in [6.07, 6.45) is 0. The lowest BCUT2D eigenvalue weighted by Gasteiger charge is -2.42. The van der Waals surface area contributed by atoms with E-state index < -0.39 is 0 Å². The van der Waals surface area contributed by atoms with E-state index in [1.165, 1.54) is 22.3 Å². The standard InChI is InChI=1S/C46H39N3O/c1-29-33-23-15-17-27-37(33)46(6,45(3,4)5)40(29)39-36-26-16-18-28-38(36)50-41(39)30(2)42-47-43(32-21-11-8-12-22-32)49-44(48-42)35-25-14-13-24-34(35)31-19-9-7-10-20-31/h7-28H,2H2,1,3-6H3. The molecule has 7 aromatic rings. The molecule has 0 bridgehead atoms. The number of hydrogen-bond donors (Lipinski definition) is 0. The third-order valence-electron chi connectivity index (χ3n) is 10.6. The van der Waals surface area contributed by atoms with Crippen LogP contribution < -0.4 is 0 Å². The zero-order valence-electron chi connectivity index (χ0n) is 29.2. The van der Waals surface area contributed by atoms with Crippen LogP contribution in [0.3, 0.4) is 0 Å². The molecule has 244 valence electrons. The maximum Gasteiger partial charge on any atom is 0.167 e. The number of furan rings is 1. The molecule has 1 aliphatic carbocycles.